The van der Waals surface area contributed by atoms with Crippen LogP contribution in [0.1, 0.15) is 21.6 Å². The third kappa shape index (κ3) is 2.83. The summed E-state index contributed by atoms with van der Waals surface area (Å²) in [6.07, 6.45) is 0. The van der Waals surface area contributed by atoms with Gasteiger partial charge in [0.25, 0.3) is 5.91 Å². The number of fused-ring (bicyclic) bond motifs is 1. The first-order chi connectivity index (χ1) is 13.8. The lowest BCUT2D eigenvalue weighted by atomic mass is 9.89. The molecule has 2 aromatic carbocycles. The fourth-order valence-corrected chi connectivity index (χ4v) is 4.68. The van der Waals surface area contributed by atoms with Crippen molar-refractivity contribution in [3.63, 3.8) is 0 Å². The van der Waals surface area contributed by atoms with Crippen molar-refractivity contribution in [2.75, 3.05) is 25.3 Å². The Kier molecular flexibility index (Phi) is 4.48. The second-order valence-electron chi connectivity index (χ2n) is 6.96. The molecule has 1 aliphatic heterocycles. The zero-order valence-electron chi connectivity index (χ0n) is 16.5. The largest absolute Gasteiger partial charge is 0.497 e. The number of hydrogen-bond acceptors (Lipinski definition) is 7. The molecule has 8 heteroatoms. The van der Waals surface area contributed by atoms with Gasteiger partial charge in [0.2, 0.25) is 5.60 Å². The molecule has 1 atom stereocenters. The first kappa shape index (κ1) is 19.2. The standard InChI is InChI=1S/C21H21N3O4S/c1-10-7-11(2)16-14(8-10)21(26,19(25)23-16)18-17(24-20(22)29-18)13-9-12(27-3)5-6-15(13)28-4/h5-9,26H,1-4H3,(H2,22,24)(H,23,25)/t21-/m1/s1. The van der Waals surface area contributed by atoms with Crippen molar-refractivity contribution in [3.05, 3.63) is 51.9 Å². The van der Waals surface area contributed by atoms with E-state index in [0.29, 0.717) is 38.9 Å². The van der Waals surface area contributed by atoms with Gasteiger partial charge in [0.15, 0.2) is 5.13 Å². The number of aromatic nitrogens is 1. The number of anilines is 2. The molecular formula is C21H21N3O4S. The highest BCUT2D eigenvalue weighted by molar-refractivity contribution is 7.16. The van der Waals surface area contributed by atoms with Crippen LogP contribution in [-0.2, 0) is 10.4 Å². The Hall–Kier alpha value is -3.10. The molecule has 2 heterocycles. The van der Waals surface area contributed by atoms with E-state index in [2.05, 4.69) is 10.3 Å². The van der Waals surface area contributed by atoms with Crippen molar-refractivity contribution >= 4 is 28.1 Å². The molecule has 0 spiro atoms. The van der Waals surface area contributed by atoms with E-state index in [1.807, 2.05) is 26.0 Å². The maximum absolute atomic E-state index is 13.0. The van der Waals surface area contributed by atoms with Gasteiger partial charge in [-0.3, -0.25) is 4.79 Å². The van der Waals surface area contributed by atoms with E-state index in [0.717, 1.165) is 22.5 Å². The number of nitrogens with one attached hydrogen (secondary N) is 1. The van der Waals surface area contributed by atoms with Crippen LogP contribution >= 0.6 is 11.3 Å². The van der Waals surface area contributed by atoms with Gasteiger partial charge in [-0.15, -0.1) is 0 Å². The number of aliphatic hydroxyl groups is 1. The number of amides is 1. The summed E-state index contributed by atoms with van der Waals surface area (Å²) in [6, 6.07) is 9.02. The van der Waals surface area contributed by atoms with Crippen molar-refractivity contribution < 1.29 is 19.4 Å². The first-order valence-electron chi connectivity index (χ1n) is 8.94. The predicted octanol–water partition coefficient (Wildman–Crippen LogP) is 3.21. The molecule has 1 aliphatic rings. The maximum atomic E-state index is 13.0. The normalized spacial score (nSPS) is 17.8. The number of carbonyl (C=O) groups excluding carboxylic acids is 1. The average Bonchev–Trinajstić information content (AvgIpc) is 3.21. The number of benzene rings is 2. The fraction of sp³-hybridized carbons (Fsp3) is 0.238. The van der Waals surface area contributed by atoms with Gasteiger partial charge >= 0.3 is 0 Å². The SMILES string of the molecule is COc1ccc(OC)c(-c2nc(N)sc2[C@@]2(O)C(=O)Nc3c(C)cc(C)cc32)c1. The number of nitrogens with zero attached hydrogens (tertiary/aromatic N) is 1. The van der Waals surface area contributed by atoms with E-state index in [-0.39, 0.29) is 5.13 Å². The molecule has 4 N–H and O–H groups in total. The molecule has 0 fully saturated rings. The van der Waals surface area contributed by atoms with Gasteiger partial charge in [-0.25, -0.2) is 4.98 Å². The molecule has 3 aromatic rings. The molecule has 0 radical (unpaired) electrons. The minimum absolute atomic E-state index is 0.235. The first-order valence-corrected chi connectivity index (χ1v) is 9.76. The number of nitrogens with two attached hydrogens (primary N) is 1. The van der Waals surface area contributed by atoms with Crippen molar-refractivity contribution in [1.29, 1.82) is 0 Å². The Bertz CT molecular complexity index is 1140. The number of carbonyl (C=O) groups is 1. The molecular weight excluding hydrogens is 390 g/mol. The second kappa shape index (κ2) is 6.75. The molecule has 1 amide bonds. The Labute approximate surface area is 172 Å². The van der Waals surface area contributed by atoms with Crippen LogP contribution in [0.4, 0.5) is 10.8 Å². The van der Waals surface area contributed by atoms with Gasteiger partial charge in [0.05, 0.1) is 30.5 Å². The van der Waals surface area contributed by atoms with E-state index in [9.17, 15) is 9.90 Å². The molecule has 0 aliphatic carbocycles. The van der Waals surface area contributed by atoms with Crippen LogP contribution in [0.15, 0.2) is 30.3 Å². The molecule has 0 saturated carbocycles. The fourth-order valence-electron chi connectivity index (χ4n) is 3.73. The van der Waals surface area contributed by atoms with Crippen molar-refractivity contribution in [2.24, 2.45) is 0 Å². The van der Waals surface area contributed by atoms with Crippen molar-refractivity contribution in [1.82, 2.24) is 4.98 Å². The molecule has 0 bridgehead atoms. The Morgan fingerprint density at radius 2 is 1.93 bits per heavy atom. The van der Waals surface area contributed by atoms with Gasteiger partial charge in [-0.2, -0.15) is 0 Å². The summed E-state index contributed by atoms with van der Waals surface area (Å²) in [5.41, 5.74) is 7.99. The van der Waals surface area contributed by atoms with Gasteiger partial charge < -0.3 is 25.6 Å². The predicted molar refractivity (Wildman–Crippen MR) is 113 cm³/mol. The molecule has 0 saturated heterocycles. The molecule has 150 valence electrons. The summed E-state index contributed by atoms with van der Waals surface area (Å²) in [5, 5.41) is 14.8. The highest BCUT2D eigenvalue weighted by Crippen LogP contribution is 2.49. The van der Waals surface area contributed by atoms with Gasteiger partial charge in [-0.05, 0) is 37.6 Å². The third-order valence-electron chi connectivity index (χ3n) is 5.07. The minimum atomic E-state index is -1.91. The zero-order chi connectivity index (χ0) is 20.9. The van der Waals surface area contributed by atoms with Crippen LogP contribution in [-0.4, -0.2) is 30.2 Å². The lowest BCUT2D eigenvalue weighted by Crippen LogP contribution is -2.35. The van der Waals surface area contributed by atoms with Crippen LogP contribution in [0, 0.1) is 13.8 Å². The Morgan fingerprint density at radius 3 is 2.62 bits per heavy atom. The number of rotatable bonds is 4. The Balaban J connectivity index is 2.00. The number of aryl methyl sites for hydroxylation is 2. The van der Waals surface area contributed by atoms with Crippen LogP contribution in [0.5, 0.6) is 11.5 Å². The third-order valence-corrected chi connectivity index (χ3v) is 6.06. The maximum Gasteiger partial charge on any atom is 0.266 e. The molecule has 7 nitrogen and oxygen atoms in total. The summed E-state index contributed by atoms with van der Waals surface area (Å²) >= 11 is 1.08. The molecule has 0 unspecified atom stereocenters. The van der Waals surface area contributed by atoms with Gasteiger partial charge in [0.1, 0.15) is 11.5 Å². The van der Waals surface area contributed by atoms with E-state index in [4.69, 9.17) is 15.2 Å². The number of ether oxygens (including phenoxy) is 2. The quantitative estimate of drug-likeness (QED) is 0.609. The van der Waals surface area contributed by atoms with Crippen LogP contribution < -0.4 is 20.5 Å². The van der Waals surface area contributed by atoms with Gasteiger partial charge in [0, 0.05) is 11.1 Å². The number of nitrogen functional groups attached to an aromatic ring is 1. The topological polar surface area (TPSA) is 107 Å². The lowest BCUT2D eigenvalue weighted by molar-refractivity contribution is -0.129. The summed E-state index contributed by atoms with van der Waals surface area (Å²) in [4.78, 5) is 17.8. The van der Waals surface area contributed by atoms with E-state index < -0.39 is 11.5 Å². The zero-order valence-corrected chi connectivity index (χ0v) is 17.3. The highest BCUT2D eigenvalue weighted by Gasteiger charge is 2.50. The lowest BCUT2D eigenvalue weighted by Gasteiger charge is -2.22. The number of methoxy groups -OCH3 is 2. The monoisotopic (exact) mass is 411 g/mol. The number of hydrogen-bond donors (Lipinski definition) is 3. The average molecular weight is 411 g/mol. The van der Waals surface area contributed by atoms with E-state index >= 15 is 0 Å². The molecule has 1 aromatic heterocycles. The summed E-state index contributed by atoms with van der Waals surface area (Å²) in [6.45, 7) is 3.81. The van der Waals surface area contributed by atoms with Crippen LogP contribution in [0.3, 0.4) is 0 Å². The minimum Gasteiger partial charge on any atom is -0.497 e. The summed E-state index contributed by atoms with van der Waals surface area (Å²) in [7, 11) is 3.10. The molecule has 29 heavy (non-hydrogen) atoms. The van der Waals surface area contributed by atoms with Crippen LogP contribution in [0.2, 0.25) is 0 Å². The highest BCUT2D eigenvalue weighted by atomic mass is 32.1. The summed E-state index contributed by atoms with van der Waals surface area (Å²) in [5.74, 6) is 0.584. The summed E-state index contributed by atoms with van der Waals surface area (Å²) < 4.78 is 10.8. The Morgan fingerprint density at radius 1 is 1.17 bits per heavy atom. The second-order valence-corrected chi connectivity index (χ2v) is 8.00. The van der Waals surface area contributed by atoms with Gasteiger partial charge in [-0.1, -0.05) is 29.0 Å². The van der Waals surface area contributed by atoms with E-state index in [1.165, 1.54) is 0 Å². The number of thiazole rings is 1. The van der Waals surface area contributed by atoms with Crippen LogP contribution in [0.25, 0.3) is 11.3 Å². The molecule has 4 rings (SSSR count). The smallest absolute Gasteiger partial charge is 0.266 e. The van der Waals surface area contributed by atoms with Crippen molar-refractivity contribution in [2.45, 2.75) is 19.4 Å². The van der Waals surface area contributed by atoms with E-state index in [1.54, 1.807) is 32.4 Å². The van der Waals surface area contributed by atoms with Crippen molar-refractivity contribution in [3.8, 4) is 22.8 Å².